The zero-order valence-electron chi connectivity index (χ0n) is 17.0. The number of aromatic hydroxyl groups is 1. The molecule has 2 aromatic heterocycles. The van der Waals surface area contributed by atoms with Crippen LogP contribution in [0.4, 0.5) is 0 Å². The van der Waals surface area contributed by atoms with Gasteiger partial charge in [-0.2, -0.15) is 5.26 Å². The van der Waals surface area contributed by atoms with Crippen LogP contribution in [-0.2, 0) is 14.4 Å². The fourth-order valence-electron chi connectivity index (χ4n) is 2.83. The van der Waals surface area contributed by atoms with Gasteiger partial charge in [-0.25, -0.2) is 0 Å². The van der Waals surface area contributed by atoms with Crippen LogP contribution in [0.3, 0.4) is 0 Å². The zero-order chi connectivity index (χ0) is 23.1. The van der Waals surface area contributed by atoms with Crippen LogP contribution in [0, 0.1) is 11.3 Å². The number of thiophene rings is 1. The summed E-state index contributed by atoms with van der Waals surface area (Å²) in [6, 6.07) is 8.86. The number of nitriles is 1. The number of H-pyrrole nitrogens is 1. The van der Waals surface area contributed by atoms with E-state index in [0.29, 0.717) is 28.9 Å². The molecular weight excluding hydrogens is 434 g/mol. The van der Waals surface area contributed by atoms with Gasteiger partial charge in [0.15, 0.2) is 12.2 Å². The molecule has 10 nitrogen and oxygen atoms in total. The van der Waals surface area contributed by atoms with Crippen LogP contribution in [-0.4, -0.2) is 47.8 Å². The number of carbonyl (C=O) groups excluding carboxylic acids is 2. The number of aromatic amines is 1. The largest absolute Gasteiger partial charge is 0.506 e. The highest BCUT2D eigenvalue weighted by molar-refractivity contribution is 7.17. The van der Waals surface area contributed by atoms with E-state index >= 15 is 0 Å². The second kappa shape index (κ2) is 10.2. The third-order valence-corrected chi connectivity index (χ3v) is 5.24. The first kappa shape index (κ1) is 22.5. The molecule has 2 amide bonds. The molecule has 1 aromatic carbocycles. The minimum absolute atomic E-state index is 0.169. The molecule has 11 heteroatoms. The minimum atomic E-state index is -0.626. The topological polar surface area (TPSA) is 157 Å². The first-order valence-corrected chi connectivity index (χ1v) is 10.3. The van der Waals surface area contributed by atoms with Crippen LogP contribution in [0.5, 0.6) is 5.75 Å². The molecule has 0 fully saturated rings. The van der Waals surface area contributed by atoms with E-state index in [2.05, 4.69) is 20.8 Å². The monoisotopic (exact) mass is 453 g/mol. The Hall–Kier alpha value is -4.17. The smallest absolute Gasteiger partial charge is 0.270 e. The molecule has 4 N–H and O–H groups in total. The van der Waals surface area contributed by atoms with E-state index < -0.39 is 5.56 Å². The van der Waals surface area contributed by atoms with E-state index in [0.717, 1.165) is 11.1 Å². The van der Waals surface area contributed by atoms with Crippen molar-refractivity contribution in [2.75, 3.05) is 19.7 Å². The van der Waals surface area contributed by atoms with Crippen LogP contribution < -0.4 is 16.2 Å². The summed E-state index contributed by atoms with van der Waals surface area (Å²) in [5.74, 6) is -0.865. The summed E-state index contributed by atoms with van der Waals surface area (Å²) in [5.41, 5.74) is 1.23. The first-order valence-electron chi connectivity index (χ1n) is 9.44. The highest BCUT2D eigenvalue weighted by Gasteiger charge is 2.17. The molecule has 0 atom stereocenters. The molecule has 3 aromatic rings. The van der Waals surface area contributed by atoms with Gasteiger partial charge < -0.3 is 25.6 Å². The second-order valence-corrected chi connectivity index (χ2v) is 7.49. The summed E-state index contributed by atoms with van der Waals surface area (Å²) in [6.07, 6.45) is 1.45. The van der Waals surface area contributed by atoms with E-state index in [1.165, 1.54) is 24.5 Å². The van der Waals surface area contributed by atoms with E-state index in [1.807, 2.05) is 0 Å². The van der Waals surface area contributed by atoms with Crippen molar-refractivity contribution in [2.24, 2.45) is 5.16 Å². The summed E-state index contributed by atoms with van der Waals surface area (Å²) in [7, 11) is 0. The SMILES string of the molecule is CC(=O)NCCNC(=O)CO/N=C/c1ccc(-c2csc3[nH]c(=O)c(C#N)c(O)c23)cc1. The number of nitrogens with zero attached hydrogens (tertiary/aromatic N) is 2. The summed E-state index contributed by atoms with van der Waals surface area (Å²) in [5, 5.41) is 30.6. The minimum Gasteiger partial charge on any atom is -0.506 e. The van der Waals surface area contributed by atoms with Gasteiger partial charge in [0.1, 0.15) is 16.6 Å². The van der Waals surface area contributed by atoms with Crippen molar-refractivity contribution in [3.8, 4) is 22.9 Å². The van der Waals surface area contributed by atoms with Crippen molar-refractivity contribution in [3.05, 3.63) is 51.1 Å². The Balaban J connectivity index is 1.61. The number of carbonyl (C=O) groups is 2. The van der Waals surface area contributed by atoms with Crippen LogP contribution in [0.15, 0.2) is 39.6 Å². The van der Waals surface area contributed by atoms with Crippen molar-refractivity contribution >= 4 is 39.6 Å². The number of rotatable bonds is 8. The average Bonchev–Trinajstić information content (AvgIpc) is 3.19. The Bertz CT molecular complexity index is 1270. The highest BCUT2D eigenvalue weighted by Crippen LogP contribution is 2.38. The Morgan fingerprint density at radius 3 is 2.69 bits per heavy atom. The third kappa shape index (κ3) is 5.30. The Morgan fingerprint density at radius 2 is 2.00 bits per heavy atom. The lowest BCUT2D eigenvalue weighted by atomic mass is 10.0. The molecule has 0 saturated heterocycles. The fraction of sp³-hybridized carbons (Fsp3) is 0.190. The Labute approximate surface area is 186 Å². The number of pyridine rings is 1. The van der Waals surface area contributed by atoms with Crippen LogP contribution in [0.1, 0.15) is 18.1 Å². The maximum atomic E-state index is 11.8. The zero-order valence-corrected chi connectivity index (χ0v) is 17.8. The van der Waals surface area contributed by atoms with Gasteiger partial charge >= 0.3 is 0 Å². The molecular formula is C21H19N5O5S. The predicted molar refractivity (Wildman–Crippen MR) is 120 cm³/mol. The molecule has 0 aliphatic rings. The molecule has 0 saturated carbocycles. The first-order chi connectivity index (χ1) is 15.4. The van der Waals surface area contributed by atoms with Gasteiger partial charge in [0.05, 0.1) is 11.6 Å². The average molecular weight is 453 g/mol. The Kier molecular flexibility index (Phi) is 7.20. The summed E-state index contributed by atoms with van der Waals surface area (Å²) in [6.45, 7) is 1.77. The van der Waals surface area contributed by atoms with Gasteiger partial charge in [-0.3, -0.25) is 14.4 Å². The lowest BCUT2D eigenvalue weighted by molar-refractivity contribution is -0.126. The molecule has 0 unspecified atom stereocenters. The molecule has 0 spiro atoms. The van der Waals surface area contributed by atoms with E-state index in [-0.39, 0.29) is 29.7 Å². The molecule has 0 radical (unpaired) electrons. The van der Waals surface area contributed by atoms with Gasteiger partial charge in [0, 0.05) is 31.0 Å². The molecule has 32 heavy (non-hydrogen) atoms. The molecule has 164 valence electrons. The molecule has 0 aliphatic heterocycles. The standard InChI is InChI=1S/C21H19N5O5S/c1-12(27)23-6-7-24-17(28)10-31-25-9-13-2-4-14(5-3-13)16-11-32-21-18(16)19(29)15(8-22)20(30)26-21/h2-5,9,11H,6-7,10H2,1H3,(H,23,27)(H,24,28)(H2,26,29,30)/b25-9+. The van der Waals surface area contributed by atoms with Gasteiger partial charge in [-0.15, -0.1) is 11.3 Å². The number of benzene rings is 1. The van der Waals surface area contributed by atoms with Gasteiger partial charge in [0.25, 0.3) is 11.5 Å². The Morgan fingerprint density at radius 1 is 1.28 bits per heavy atom. The van der Waals surface area contributed by atoms with Gasteiger partial charge in [-0.05, 0) is 11.1 Å². The van der Waals surface area contributed by atoms with Crippen molar-refractivity contribution < 1.29 is 19.5 Å². The highest BCUT2D eigenvalue weighted by atomic mass is 32.1. The lowest BCUT2D eigenvalue weighted by Gasteiger charge is -2.05. The van der Waals surface area contributed by atoms with Crippen molar-refractivity contribution in [1.82, 2.24) is 15.6 Å². The maximum absolute atomic E-state index is 11.8. The number of aromatic nitrogens is 1. The summed E-state index contributed by atoms with van der Waals surface area (Å²) in [4.78, 5) is 42.2. The van der Waals surface area contributed by atoms with Crippen molar-refractivity contribution in [2.45, 2.75) is 6.92 Å². The van der Waals surface area contributed by atoms with E-state index in [9.17, 15) is 19.5 Å². The predicted octanol–water partition coefficient (Wildman–Crippen LogP) is 1.44. The van der Waals surface area contributed by atoms with Crippen molar-refractivity contribution in [1.29, 1.82) is 5.26 Å². The number of hydrogen-bond acceptors (Lipinski definition) is 8. The number of hydrogen-bond donors (Lipinski definition) is 4. The van der Waals surface area contributed by atoms with Crippen LogP contribution in [0.2, 0.25) is 0 Å². The summed E-state index contributed by atoms with van der Waals surface area (Å²) < 4.78 is 0. The molecule has 0 aliphatic carbocycles. The van der Waals surface area contributed by atoms with E-state index in [4.69, 9.17) is 10.1 Å². The lowest BCUT2D eigenvalue weighted by Crippen LogP contribution is -2.35. The second-order valence-electron chi connectivity index (χ2n) is 6.61. The van der Waals surface area contributed by atoms with Gasteiger partial charge in [-0.1, -0.05) is 29.4 Å². The van der Waals surface area contributed by atoms with Crippen LogP contribution in [0.25, 0.3) is 21.3 Å². The summed E-state index contributed by atoms with van der Waals surface area (Å²) >= 11 is 1.26. The maximum Gasteiger partial charge on any atom is 0.270 e. The molecule has 2 heterocycles. The van der Waals surface area contributed by atoms with Crippen LogP contribution >= 0.6 is 11.3 Å². The number of fused-ring (bicyclic) bond motifs is 1. The third-order valence-electron chi connectivity index (χ3n) is 4.35. The van der Waals surface area contributed by atoms with Gasteiger partial charge in [0.2, 0.25) is 5.91 Å². The molecule has 3 rings (SSSR count). The van der Waals surface area contributed by atoms with E-state index in [1.54, 1.807) is 35.7 Å². The fourth-order valence-corrected chi connectivity index (χ4v) is 3.80. The number of nitrogens with one attached hydrogen (secondary N) is 3. The number of oxime groups is 1. The molecule has 0 bridgehead atoms. The van der Waals surface area contributed by atoms with Crippen molar-refractivity contribution in [3.63, 3.8) is 0 Å². The quantitative estimate of drug-likeness (QED) is 0.230. The number of amides is 2. The normalized spacial score (nSPS) is 10.8.